The molecule has 0 spiro atoms. The van der Waals surface area contributed by atoms with Crippen LogP contribution in [0.4, 0.5) is 0 Å². The maximum Gasteiger partial charge on any atom is 0.266 e. The Kier molecular flexibility index (Phi) is 12.8. The lowest BCUT2D eigenvalue weighted by molar-refractivity contribution is -0.130. The number of carbonyl (C=O) groups excluding carboxylic acids is 1. The van der Waals surface area contributed by atoms with Gasteiger partial charge >= 0.3 is 0 Å². The number of nitrogens with zero attached hydrogens (tertiary/aromatic N) is 4. The molecule has 1 heterocycles. The third-order valence-corrected chi connectivity index (χ3v) is 9.08. The van der Waals surface area contributed by atoms with Crippen LogP contribution in [0.1, 0.15) is 40.3 Å². The molecule has 0 aliphatic carbocycles. The lowest BCUT2D eigenvalue weighted by Crippen LogP contribution is -2.53. The van der Waals surface area contributed by atoms with Crippen molar-refractivity contribution < 1.29 is 33.6 Å². The van der Waals surface area contributed by atoms with Crippen LogP contribution >= 0.6 is 15.9 Å². The van der Waals surface area contributed by atoms with Crippen LogP contribution in [-0.2, 0) is 29.0 Å². The number of benzene rings is 4. The van der Waals surface area contributed by atoms with E-state index in [1.54, 1.807) is 24.3 Å². The monoisotopic (exact) mass is 758 g/mol. The largest absolute Gasteiger partial charge is 0.494 e. The van der Waals surface area contributed by atoms with Crippen molar-refractivity contribution in [3.8, 4) is 23.0 Å². The number of halogens is 1. The first-order valence-electron chi connectivity index (χ1n) is 16.1. The van der Waals surface area contributed by atoms with E-state index in [9.17, 15) is 4.79 Å². The number of aliphatic imine (C=N–C) groups is 1. The molecule has 0 fully saturated rings. The highest BCUT2D eigenvalue weighted by molar-refractivity contribution is 9.10. The standard InChI is InChI=1S/C37H39BrN6O7/c1-47-31-19-24(20-32(48-2)33(31)49-3)22-40-43-36(46)37(21-26-9-5-7-12-30(26)38)34(29-11-6-4-10-27(29)23-41-44-39)51-35(42-37)25-13-15-28(16-14-25)50-18-8-17-45/h4-7,9-16,19-20,34,40,45H,8,17-18,21-23H2,1-3H3,(H,43,46)/t34-,37-/m0/s1. The SMILES string of the molecule is COc1cc(CNNC(=O)[C@@]2(Cc3ccccc3Br)N=C(c3ccc(OCCCO)cc3)O[C@H]2c2ccccc2CN=[N+]=[N-])cc(OC)c1OC. The van der Waals surface area contributed by atoms with Gasteiger partial charge in [-0.2, -0.15) is 0 Å². The molecule has 0 saturated heterocycles. The third kappa shape index (κ3) is 8.55. The zero-order valence-electron chi connectivity index (χ0n) is 28.5. The van der Waals surface area contributed by atoms with E-state index in [-0.39, 0.29) is 32.0 Å². The molecule has 4 aromatic carbocycles. The number of hydrogen-bond acceptors (Lipinski definition) is 10. The van der Waals surface area contributed by atoms with Gasteiger partial charge in [0.05, 0.1) is 34.5 Å². The smallest absolute Gasteiger partial charge is 0.266 e. The van der Waals surface area contributed by atoms with Crippen molar-refractivity contribution in [1.82, 2.24) is 10.9 Å². The highest BCUT2D eigenvalue weighted by Crippen LogP contribution is 2.44. The molecule has 1 amide bonds. The Labute approximate surface area is 304 Å². The van der Waals surface area contributed by atoms with Crippen LogP contribution in [0, 0.1) is 0 Å². The van der Waals surface area contributed by atoms with Crippen molar-refractivity contribution in [2.24, 2.45) is 10.1 Å². The van der Waals surface area contributed by atoms with E-state index in [1.807, 2.05) is 60.7 Å². The van der Waals surface area contributed by atoms with Crippen molar-refractivity contribution in [1.29, 1.82) is 0 Å². The molecule has 14 heteroatoms. The van der Waals surface area contributed by atoms with Gasteiger partial charge < -0.3 is 28.8 Å². The molecule has 2 atom stereocenters. The summed E-state index contributed by atoms with van der Waals surface area (Å²) in [4.78, 5) is 22.8. The second-order valence-corrected chi connectivity index (χ2v) is 12.3. The average Bonchev–Trinajstić information content (AvgIpc) is 3.55. The Morgan fingerprint density at radius 1 is 1.00 bits per heavy atom. The van der Waals surface area contributed by atoms with Crippen LogP contribution in [0.15, 0.2) is 99.5 Å². The lowest BCUT2D eigenvalue weighted by atomic mass is 9.80. The first kappa shape index (κ1) is 37.0. The van der Waals surface area contributed by atoms with Gasteiger partial charge in [-0.05, 0) is 70.2 Å². The molecule has 5 rings (SSSR count). The summed E-state index contributed by atoms with van der Waals surface area (Å²) in [5, 5.41) is 12.9. The van der Waals surface area contributed by atoms with Gasteiger partial charge in [0, 0.05) is 40.9 Å². The second kappa shape index (κ2) is 17.6. The van der Waals surface area contributed by atoms with E-state index in [0.29, 0.717) is 52.7 Å². The predicted molar refractivity (Wildman–Crippen MR) is 195 cm³/mol. The summed E-state index contributed by atoms with van der Waals surface area (Å²) in [5.74, 6) is 1.84. The van der Waals surface area contributed by atoms with Crippen LogP contribution in [0.3, 0.4) is 0 Å². The van der Waals surface area contributed by atoms with E-state index < -0.39 is 17.6 Å². The average molecular weight is 760 g/mol. The van der Waals surface area contributed by atoms with E-state index in [1.165, 1.54) is 21.3 Å². The fourth-order valence-electron chi connectivity index (χ4n) is 5.81. The minimum atomic E-state index is -1.54. The summed E-state index contributed by atoms with van der Waals surface area (Å²) in [7, 11) is 4.61. The van der Waals surface area contributed by atoms with Crippen molar-refractivity contribution >= 4 is 27.7 Å². The van der Waals surface area contributed by atoms with Crippen molar-refractivity contribution in [2.45, 2.75) is 37.6 Å². The maximum absolute atomic E-state index is 14.7. The van der Waals surface area contributed by atoms with Crippen LogP contribution in [0.2, 0.25) is 0 Å². The van der Waals surface area contributed by atoms with Crippen LogP contribution in [-0.4, -0.2) is 57.0 Å². The first-order chi connectivity index (χ1) is 24.9. The lowest BCUT2D eigenvalue weighted by Gasteiger charge is -2.32. The van der Waals surface area contributed by atoms with Crippen LogP contribution < -0.4 is 29.8 Å². The van der Waals surface area contributed by atoms with Crippen molar-refractivity contribution in [3.05, 3.63) is 128 Å². The molecule has 266 valence electrons. The molecule has 0 saturated carbocycles. The summed E-state index contributed by atoms with van der Waals surface area (Å²) in [6, 6.07) is 25.8. The quantitative estimate of drug-likeness (QED) is 0.0367. The number of aliphatic hydroxyl groups is 1. The molecule has 0 unspecified atom stereocenters. The highest BCUT2D eigenvalue weighted by Gasteiger charge is 2.54. The summed E-state index contributed by atoms with van der Waals surface area (Å²) in [6.07, 6.45) is -0.263. The van der Waals surface area contributed by atoms with Gasteiger partial charge in [-0.1, -0.05) is 63.5 Å². The predicted octanol–water partition coefficient (Wildman–Crippen LogP) is 6.37. The number of methoxy groups -OCH3 is 3. The molecule has 4 aromatic rings. The fourth-order valence-corrected chi connectivity index (χ4v) is 6.23. The zero-order valence-corrected chi connectivity index (χ0v) is 30.1. The molecular formula is C37H39BrN6O7. The number of carbonyl (C=O) groups is 1. The summed E-state index contributed by atoms with van der Waals surface area (Å²) in [6.45, 7) is 0.661. The van der Waals surface area contributed by atoms with Gasteiger partial charge in [0.15, 0.2) is 23.1 Å². The molecule has 51 heavy (non-hydrogen) atoms. The molecule has 1 aliphatic heterocycles. The van der Waals surface area contributed by atoms with Gasteiger partial charge in [0.1, 0.15) is 5.75 Å². The van der Waals surface area contributed by atoms with Gasteiger partial charge in [-0.25, -0.2) is 10.4 Å². The topological polar surface area (TPSA) is 169 Å². The Morgan fingerprint density at radius 3 is 2.33 bits per heavy atom. The summed E-state index contributed by atoms with van der Waals surface area (Å²) in [5.41, 5.74) is 17.1. The summed E-state index contributed by atoms with van der Waals surface area (Å²) >= 11 is 3.66. The third-order valence-electron chi connectivity index (χ3n) is 8.31. The Balaban J connectivity index is 1.56. The van der Waals surface area contributed by atoms with Gasteiger partial charge in [0.2, 0.25) is 11.6 Å². The van der Waals surface area contributed by atoms with Crippen LogP contribution in [0.5, 0.6) is 23.0 Å². The van der Waals surface area contributed by atoms with Gasteiger partial charge in [0.25, 0.3) is 5.91 Å². The number of rotatable bonds is 17. The van der Waals surface area contributed by atoms with E-state index in [0.717, 1.165) is 15.6 Å². The Morgan fingerprint density at radius 2 is 1.69 bits per heavy atom. The zero-order chi connectivity index (χ0) is 36.2. The molecular weight excluding hydrogens is 720 g/mol. The molecule has 0 aromatic heterocycles. The molecule has 3 N–H and O–H groups in total. The van der Waals surface area contributed by atoms with Gasteiger partial charge in [-0.15, -0.1) is 0 Å². The molecule has 0 bridgehead atoms. The fraction of sp³-hybridized carbons (Fsp3) is 0.297. The minimum absolute atomic E-state index is 0.0320. The maximum atomic E-state index is 14.7. The minimum Gasteiger partial charge on any atom is -0.494 e. The number of azide groups is 1. The number of amides is 1. The second-order valence-electron chi connectivity index (χ2n) is 11.5. The van der Waals surface area contributed by atoms with Crippen molar-refractivity contribution in [3.63, 3.8) is 0 Å². The molecule has 13 nitrogen and oxygen atoms in total. The first-order valence-corrected chi connectivity index (χ1v) is 16.9. The van der Waals surface area contributed by atoms with E-state index in [2.05, 4.69) is 36.8 Å². The van der Waals surface area contributed by atoms with E-state index >= 15 is 0 Å². The summed E-state index contributed by atoms with van der Waals surface area (Å²) < 4.78 is 29.7. The number of hydrogen-bond donors (Lipinski definition) is 3. The van der Waals surface area contributed by atoms with E-state index in [4.69, 9.17) is 39.3 Å². The molecule has 1 aliphatic rings. The number of aliphatic hydroxyl groups excluding tert-OH is 1. The van der Waals surface area contributed by atoms with Crippen molar-refractivity contribution in [2.75, 3.05) is 34.5 Å². The van der Waals surface area contributed by atoms with Gasteiger partial charge in [-0.3, -0.25) is 10.2 Å². The normalized spacial score (nSPS) is 16.3. The molecule has 0 radical (unpaired) electrons. The van der Waals surface area contributed by atoms with Crippen LogP contribution in [0.25, 0.3) is 10.4 Å². The number of nitrogens with one attached hydrogen (secondary N) is 2. The Hall–Kier alpha value is -5.27. The Bertz CT molecular complexity index is 1880. The number of ether oxygens (including phenoxy) is 5. The number of hydrazine groups is 1. The highest BCUT2D eigenvalue weighted by atomic mass is 79.9.